The minimum atomic E-state index is 1.00. The van der Waals surface area contributed by atoms with Crippen molar-refractivity contribution in [3.8, 4) is 0 Å². The van der Waals surface area contributed by atoms with E-state index in [-0.39, 0.29) is 0 Å². The second-order valence-corrected chi connectivity index (χ2v) is 3.72. The van der Waals surface area contributed by atoms with Gasteiger partial charge in [0.05, 0.1) is 0 Å². The lowest BCUT2D eigenvalue weighted by atomic mass is 10.1. The Bertz CT molecular complexity index is 69.5. The summed E-state index contributed by atoms with van der Waals surface area (Å²) in [5, 5.41) is 0. The van der Waals surface area contributed by atoms with Crippen molar-refractivity contribution in [2.24, 2.45) is 0 Å². The lowest BCUT2D eigenvalue weighted by molar-refractivity contribution is 0.390. The Morgan fingerprint density at radius 2 is 1.38 bits per heavy atom. The molecular formula is C12H28N. The molecule has 0 spiro atoms. The quantitative estimate of drug-likeness (QED) is 0.571. The van der Waals surface area contributed by atoms with E-state index >= 15 is 0 Å². The largest absolute Gasteiger partial charge is 0.309 e. The molecule has 1 radical (unpaired) electrons. The van der Waals surface area contributed by atoms with E-state index < -0.39 is 0 Å². The second-order valence-electron chi connectivity index (χ2n) is 3.72. The van der Waals surface area contributed by atoms with E-state index in [1.807, 2.05) is 6.92 Å². The summed E-state index contributed by atoms with van der Waals surface area (Å²) in [6.45, 7) is 9.01. The van der Waals surface area contributed by atoms with Gasteiger partial charge in [0.15, 0.2) is 0 Å². The molecule has 13 heavy (non-hydrogen) atoms. The van der Waals surface area contributed by atoms with Crippen LogP contribution in [0.25, 0.3) is 0 Å². The molecule has 1 heteroatoms. The van der Waals surface area contributed by atoms with Crippen molar-refractivity contribution in [2.75, 3.05) is 20.6 Å². The third kappa shape index (κ3) is 24.5. The minimum Gasteiger partial charge on any atom is -0.309 e. The van der Waals surface area contributed by atoms with Gasteiger partial charge in [-0.05, 0) is 27.1 Å². The fourth-order valence-electron chi connectivity index (χ4n) is 1.03. The summed E-state index contributed by atoms with van der Waals surface area (Å²) in [6, 6.07) is 0. The van der Waals surface area contributed by atoms with Crippen LogP contribution in [-0.2, 0) is 0 Å². The van der Waals surface area contributed by atoms with Crippen molar-refractivity contribution in [1.29, 1.82) is 0 Å². The molecule has 0 saturated carbocycles. The van der Waals surface area contributed by atoms with Crippen LogP contribution in [0.15, 0.2) is 0 Å². The molecule has 0 amide bonds. The summed E-state index contributed by atoms with van der Waals surface area (Å²) in [5.41, 5.74) is 0. The normalized spacial score (nSPS) is 9.69. The molecule has 0 aromatic rings. The molecule has 0 aliphatic carbocycles. The Labute approximate surface area is 85.5 Å². The Balaban J connectivity index is 0. The Kier molecular flexibility index (Phi) is 17.2. The molecule has 0 aliphatic rings. The molecule has 0 N–H and O–H groups in total. The number of hydrogen-bond donors (Lipinski definition) is 0. The lowest BCUT2D eigenvalue weighted by Crippen LogP contribution is -2.12. The third-order valence-corrected chi connectivity index (χ3v) is 1.71. The van der Waals surface area contributed by atoms with Crippen molar-refractivity contribution in [1.82, 2.24) is 4.90 Å². The summed E-state index contributed by atoms with van der Waals surface area (Å²) in [5.74, 6) is 0. The molecule has 0 fully saturated rings. The predicted octanol–water partition coefficient (Wildman–Crippen LogP) is 3.75. The number of hydrogen-bond acceptors (Lipinski definition) is 1. The van der Waals surface area contributed by atoms with Gasteiger partial charge in [-0.2, -0.15) is 0 Å². The molecule has 0 aromatic carbocycles. The van der Waals surface area contributed by atoms with Gasteiger partial charge in [-0.25, -0.2) is 0 Å². The van der Waals surface area contributed by atoms with E-state index in [4.69, 9.17) is 0 Å². The van der Waals surface area contributed by atoms with Crippen LogP contribution in [-0.4, -0.2) is 25.5 Å². The maximum atomic E-state index is 3.49. The van der Waals surface area contributed by atoms with Gasteiger partial charge in [0.2, 0.25) is 0 Å². The first-order valence-corrected chi connectivity index (χ1v) is 5.62. The molecule has 0 rings (SSSR count). The zero-order valence-corrected chi connectivity index (χ0v) is 10.1. The van der Waals surface area contributed by atoms with Crippen LogP contribution >= 0.6 is 0 Å². The highest BCUT2D eigenvalue weighted by molar-refractivity contribution is 4.45. The van der Waals surface area contributed by atoms with Gasteiger partial charge in [0.1, 0.15) is 0 Å². The first kappa shape index (κ1) is 15.4. The second kappa shape index (κ2) is 14.5. The molecule has 0 heterocycles. The number of nitrogens with zero attached hydrogens (tertiary/aromatic N) is 1. The molecule has 0 atom stereocenters. The summed E-state index contributed by atoms with van der Waals surface area (Å²) < 4.78 is 0. The molecule has 0 bridgehead atoms. The number of rotatable bonds is 6. The summed E-state index contributed by atoms with van der Waals surface area (Å²) in [7, 11) is 4.28. The van der Waals surface area contributed by atoms with Gasteiger partial charge < -0.3 is 4.90 Å². The van der Waals surface area contributed by atoms with Crippen LogP contribution in [0.3, 0.4) is 0 Å². The van der Waals surface area contributed by atoms with Gasteiger partial charge in [0.25, 0.3) is 0 Å². The molecular weight excluding hydrogens is 158 g/mol. The Morgan fingerprint density at radius 1 is 0.923 bits per heavy atom. The van der Waals surface area contributed by atoms with Crippen LogP contribution < -0.4 is 0 Å². The molecule has 0 aromatic heterocycles. The van der Waals surface area contributed by atoms with Crippen molar-refractivity contribution < 1.29 is 0 Å². The van der Waals surface area contributed by atoms with E-state index in [9.17, 15) is 0 Å². The Morgan fingerprint density at radius 3 is 1.77 bits per heavy atom. The van der Waals surface area contributed by atoms with Crippen LogP contribution in [0, 0.1) is 6.92 Å². The van der Waals surface area contributed by atoms with Gasteiger partial charge in [-0.1, -0.05) is 52.9 Å². The van der Waals surface area contributed by atoms with Crippen molar-refractivity contribution in [3.05, 3.63) is 6.92 Å². The monoisotopic (exact) mass is 186 g/mol. The average Bonchev–Trinajstić information content (AvgIpc) is 2.05. The summed E-state index contributed by atoms with van der Waals surface area (Å²) >= 11 is 0. The first-order valence-electron chi connectivity index (χ1n) is 5.62. The van der Waals surface area contributed by atoms with Crippen LogP contribution in [0.4, 0.5) is 0 Å². The SMILES string of the molecule is CCCCCCCN(C)C.[CH2]CC. The fraction of sp³-hybridized carbons (Fsp3) is 0.917. The zero-order valence-electron chi connectivity index (χ0n) is 10.1. The third-order valence-electron chi connectivity index (χ3n) is 1.71. The highest BCUT2D eigenvalue weighted by Crippen LogP contribution is 2.01. The topological polar surface area (TPSA) is 3.24 Å². The zero-order chi connectivity index (χ0) is 10.5. The van der Waals surface area contributed by atoms with E-state index in [0.29, 0.717) is 0 Å². The Hall–Kier alpha value is -0.0400. The highest BCUT2D eigenvalue weighted by atomic mass is 15.0. The maximum absolute atomic E-state index is 3.49. The van der Waals surface area contributed by atoms with Crippen molar-refractivity contribution in [3.63, 3.8) is 0 Å². The van der Waals surface area contributed by atoms with E-state index in [2.05, 4.69) is 32.8 Å². The highest BCUT2D eigenvalue weighted by Gasteiger charge is 1.89. The van der Waals surface area contributed by atoms with Gasteiger partial charge in [-0.3, -0.25) is 0 Å². The van der Waals surface area contributed by atoms with Gasteiger partial charge in [-0.15, -0.1) is 0 Å². The number of unbranched alkanes of at least 4 members (excludes halogenated alkanes) is 4. The predicted molar refractivity (Wildman–Crippen MR) is 63.0 cm³/mol. The van der Waals surface area contributed by atoms with E-state index in [0.717, 1.165) is 6.42 Å². The molecule has 0 unspecified atom stereocenters. The minimum absolute atomic E-state index is 1.00. The van der Waals surface area contributed by atoms with Crippen molar-refractivity contribution in [2.45, 2.75) is 52.4 Å². The average molecular weight is 186 g/mol. The standard InChI is InChI=1S/C9H21N.C3H7/c1-4-5-6-7-8-9-10(2)3;1-3-2/h4-9H2,1-3H3;1,3H2,2H3. The smallest absolute Gasteiger partial charge is 0.00248 e. The maximum Gasteiger partial charge on any atom is -0.00248 e. The van der Waals surface area contributed by atoms with Crippen molar-refractivity contribution >= 4 is 0 Å². The van der Waals surface area contributed by atoms with Crippen LogP contribution in [0.5, 0.6) is 0 Å². The molecule has 1 nitrogen and oxygen atoms in total. The molecule has 81 valence electrons. The van der Waals surface area contributed by atoms with Gasteiger partial charge >= 0.3 is 0 Å². The summed E-state index contributed by atoms with van der Waals surface area (Å²) in [4.78, 5) is 2.26. The summed E-state index contributed by atoms with van der Waals surface area (Å²) in [6.07, 6.45) is 7.96. The molecule has 0 aliphatic heterocycles. The van der Waals surface area contributed by atoms with E-state index in [1.54, 1.807) is 0 Å². The van der Waals surface area contributed by atoms with Crippen LogP contribution in [0.1, 0.15) is 52.4 Å². The molecule has 0 saturated heterocycles. The van der Waals surface area contributed by atoms with Gasteiger partial charge in [0, 0.05) is 0 Å². The fourth-order valence-corrected chi connectivity index (χ4v) is 1.03. The van der Waals surface area contributed by atoms with E-state index in [1.165, 1.54) is 38.6 Å². The lowest BCUT2D eigenvalue weighted by Gasteiger charge is -2.07. The van der Waals surface area contributed by atoms with Crippen LogP contribution in [0.2, 0.25) is 0 Å². The first-order chi connectivity index (χ1) is 6.18.